The van der Waals surface area contributed by atoms with E-state index >= 15 is 0 Å². The van der Waals surface area contributed by atoms with Crippen LogP contribution in [-0.2, 0) is 0 Å². The number of hydrogen-bond donors (Lipinski definition) is 0. The summed E-state index contributed by atoms with van der Waals surface area (Å²) in [5.41, 5.74) is 2.21. The second-order valence-corrected chi connectivity index (χ2v) is 3.14. The second kappa shape index (κ2) is 2.59. The van der Waals surface area contributed by atoms with E-state index in [1.807, 2.05) is 22.8 Å². The number of hydrogen-bond acceptors (Lipinski definition) is 2. The topological polar surface area (TPSA) is 30.2 Å². The average molecular weight is 161 g/mol. The first-order valence-corrected chi connectivity index (χ1v) is 4.07. The van der Waals surface area contributed by atoms with E-state index in [4.69, 9.17) is 0 Å². The molecule has 0 unspecified atom stereocenters. The van der Waals surface area contributed by atoms with Crippen molar-refractivity contribution in [3.63, 3.8) is 0 Å². The van der Waals surface area contributed by atoms with Gasteiger partial charge in [-0.05, 0) is 18.1 Å². The monoisotopic (exact) mass is 161 g/mol. The molecule has 2 aromatic rings. The van der Waals surface area contributed by atoms with Crippen molar-refractivity contribution in [3.05, 3.63) is 30.4 Å². The molecule has 0 aliphatic carbocycles. The highest BCUT2D eigenvalue weighted by Crippen LogP contribution is 2.16. The highest BCUT2D eigenvalue weighted by molar-refractivity contribution is 5.51. The number of nitrogens with zero attached hydrogens (tertiary/aromatic N) is 3. The molecule has 0 N–H and O–H groups in total. The third kappa shape index (κ3) is 0.978. The van der Waals surface area contributed by atoms with E-state index in [0.717, 1.165) is 11.2 Å². The van der Waals surface area contributed by atoms with Gasteiger partial charge in [-0.2, -0.15) is 5.10 Å². The van der Waals surface area contributed by atoms with Crippen LogP contribution in [0.2, 0.25) is 0 Å². The van der Waals surface area contributed by atoms with Crippen LogP contribution in [0.3, 0.4) is 0 Å². The summed E-state index contributed by atoms with van der Waals surface area (Å²) >= 11 is 0. The van der Waals surface area contributed by atoms with Gasteiger partial charge in [-0.15, -0.1) is 0 Å². The maximum atomic E-state index is 4.25. The summed E-state index contributed by atoms with van der Waals surface area (Å²) in [6.45, 7) is 4.27. The normalized spacial score (nSPS) is 11.2. The lowest BCUT2D eigenvalue weighted by atomic mass is 10.1. The van der Waals surface area contributed by atoms with E-state index in [-0.39, 0.29) is 0 Å². The Hall–Kier alpha value is -1.38. The Morgan fingerprint density at radius 3 is 3.00 bits per heavy atom. The second-order valence-electron chi connectivity index (χ2n) is 3.14. The Kier molecular flexibility index (Phi) is 1.57. The van der Waals surface area contributed by atoms with Crippen molar-refractivity contribution in [2.75, 3.05) is 0 Å². The molecule has 0 fully saturated rings. The Morgan fingerprint density at radius 1 is 1.42 bits per heavy atom. The van der Waals surface area contributed by atoms with Crippen LogP contribution >= 0.6 is 0 Å². The lowest BCUT2D eigenvalue weighted by Gasteiger charge is -2.04. The predicted octanol–water partition coefficient (Wildman–Crippen LogP) is 1.85. The van der Waals surface area contributed by atoms with Gasteiger partial charge in [-0.1, -0.05) is 13.8 Å². The van der Waals surface area contributed by atoms with Crippen LogP contribution in [-0.4, -0.2) is 14.6 Å². The Balaban J connectivity index is 2.73. The molecule has 2 aromatic heterocycles. The van der Waals surface area contributed by atoms with E-state index in [1.165, 1.54) is 0 Å². The first-order valence-electron chi connectivity index (χ1n) is 4.07. The van der Waals surface area contributed by atoms with Crippen LogP contribution in [0.15, 0.2) is 24.7 Å². The molecule has 0 saturated heterocycles. The van der Waals surface area contributed by atoms with Gasteiger partial charge in [-0.3, -0.25) is 0 Å². The van der Waals surface area contributed by atoms with Gasteiger partial charge >= 0.3 is 0 Å². The number of fused-ring (bicyclic) bond motifs is 1. The van der Waals surface area contributed by atoms with E-state index in [2.05, 4.69) is 23.9 Å². The lowest BCUT2D eigenvalue weighted by molar-refractivity contribution is 0.786. The minimum Gasteiger partial charge on any atom is -0.238 e. The average Bonchev–Trinajstić information content (AvgIpc) is 2.49. The van der Waals surface area contributed by atoms with Crippen LogP contribution < -0.4 is 0 Å². The van der Waals surface area contributed by atoms with Gasteiger partial charge in [0.15, 0.2) is 0 Å². The fourth-order valence-corrected chi connectivity index (χ4v) is 1.33. The SMILES string of the molecule is CC(C)c1ncnn2cccc12. The Morgan fingerprint density at radius 2 is 2.25 bits per heavy atom. The van der Waals surface area contributed by atoms with Gasteiger partial charge in [0.1, 0.15) is 6.33 Å². The molecule has 12 heavy (non-hydrogen) atoms. The molecule has 0 amide bonds. The van der Waals surface area contributed by atoms with Crippen LogP contribution in [0.4, 0.5) is 0 Å². The van der Waals surface area contributed by atoms with Crippen molar-refractivity contribution in [1.82, 2.24) is 14.6 Å². The summed E-state index contributed by atoms with van der Waals surface area (Å²) in [5, 5.41) is 4.09. The molecule has 0 atom stereocenters. The molecule has 2 heterocycles. The predicted molar refractivity (Wildman–Crippen MR) is 47.1 cm³/mol. The van der Waals surface area contributed by atoms with E-state index in [1.54, 1.807) is 6.33 Å². The summed E-state index contributed by atoms with van der Waals surface area (Å²) in [7, 11) is 0. The van der Waals surface area contributed by atoms with Crippen LogP contribution in [0, 0.1) is 0 Å². The molecule has 0 spiro atoms. The van der Waals surface area contributed by atoms with Crippen molar-refractivity contribution in [1.29, 1.82) is 0 Å². The molecule has 2 rings (SSSR count). The minimum atomic E-state index is 0.449. The summed E-state index contributed by atoms with van der Waals surface area (Å²) < 4.78 is 1.85. The molecule has 0 bridgehead atoms. The maximum Gasteiger partial charge on any atom is 0.136 e. The summed E-state index contributed by atoms with van der Waals surface area (Å²) in [6.07, 6.45) is 3.53. The molecule has 3 heteroatoms. The molecular weight excluding hydrogens is 150 g/mol. The van der Waals surface area contributed by atoms with Crippen molar-refractivity contribution in [3.8, 4) is 0 Å². The Labute approximate surface area is 71.1 Å². The van der Waals surface area contributed by atoms with Gasteiger partial charge in [-0.25, -0.2) is 9.50 Å². The molecule has 62 valence electrons. The van der Waals surface area contributed by atoms with Crippen LogP contribution in [0.1, 0.15) is 25.5 Å². The summed E-state index contributed by atoms with van der Waals surface area (Å²) in [6, 6.07) is 4.02. The number of rotatable bonds is 1. The van der Waals surface area contributed by atoms with Crippen molar-refractivity contribution in [2.24, 2.45) is 0 Å². The smallest absolute Gasteiger partial charge is 0.136 e. The Bertz CT molecular complexity index is 389. The van der Waals surface area contributed by atoms with E-state index < -0.39 is 0 Å². The minimum absolute atomic E-state index is 0.449. The zero-order valence-corrected chi connectivity index (χ0v) is 7.23. The van der Waals surface area contributed by atoms with E-state index in [0.29, 0.717) is 5.92 Å². The molecule has 3 nitrogen and oxygen atoms in total. The van der Waals surface area contributed by atoms with Crippen LogP contribution in [0.25, 0.3) is 5.52 Å². The highest BCUT2D eigenvalue weighted by Gasteiger charge is 2.05. The van der Waals surface area contributed by atoms with Gasteiger partial charge in [0.2, 0.25) is 0 Å². The third-order valence-corrected chi connectivity index (χ3v) is 1.91. The largest absolute Gasteiger partial charge is 0.238 e. The molecule has 0 radical (unpaired) electrons. The van der Waals surface area contributed by atoms with E-state index in [9.17, 15) is 0 Å². The zero-order chi connectivity index (χ0) is 8.55. The summed E-state index contributed by atoms with van der Waals surface area (Å²) in [4.78, 5) is 4.25. The molecule has 0 aromatic carbocycles. The third-order valence-electron chi connectivity index (χ3n) is 1.91. The molecule has 0 saturated carbocycles. The maximum absolute atomic E-state index is 4.25. The van der Waals surface area contributed by atoms with Crippen molar-refractivity contribution < 1.29 is 0 Å². The van der Waals surface area contributed by atoms with Crippen molar-refractivity contribution in [2.45, 2.75) is 19.8 Å². The van der Waals surface area contributed by atoms with Gasteiger partial charge in [0, 0.05) is 6.20 Å². The molecule has 0 aliphatic heterocycles. The first kappa shape index (κ1) is 7.28. The summed E-state index contributed by atoms with van der Waals surface area (Å²) in [5.74, 6) is 0.449. The van der Waals surface area contributed by atoms with Gasteiger partial charge in [0.25, 0.3) is 0 Å². The number of aromatic nitrogens is 3. The zero-order valence-electron chi connectivity index (χ0n) is 7.23. The molecular formula is C9H11N3. The fourth-order valence-electron chi connectivity index (χ4n) is 1.33. The quantitative estimate of drug-likeness (QED) is 0.639. The van der Waals surface area contributed by atoms with Gasteiger partial charge in [0.05, 0.1) is 11.2 Å². The van der Waals surface area contributed by atoms with Crippen molar-refractivity contribution >= 4 is 5.52 Å². The standard InChI is InChI=1S/C9H11N3/c1-7(2)9-8-4-3-5-12(8)11-6-10-9/h3-7H,1-2H3. The molecule has 0 aliphatic rings. The van der Waals surface area contributed by atoms with Crippen LogP contribution in [0.5, 0.6) is 0 Å². The fraction of sp³-hybridized carbons (Fsp3) is 0.333. The lowest BCUT2D eigenvalue weighted by Crippen LogP contribution is -1.99. The first-order chi connectivity index (χ1) is 5.79. The van der Waals surface area contributed by atoms with Gasteiger partial charge < -0.3 is 0 Å². The highest BCUT2D eigenvalue weighted by atomic mass is 15.2.